The maximum Gasteiger partial charge on any atom is 0.243 e. The molecule has 148 valence electrons. The Labute approximate surface area is 158 Å². The number of amides is 3. The number of phenolic OH excluding ortho intramolecular Hbond substituents is 1. The van der Waals surface area contributed by atoms with Gasteiger partial charge in [-0.3, -0.25) is 14.4 Å². The highest BCUT2D eigenvalue weighted by molar-refractivity contribution is 5.93. The van der Waals surface area contributed by atoms with Gasteiger partial charge in [-0.15, -0.1) is 0 Å². The van der Waals surface area contributed by atoms with Crippen molar-refractivity contribution in [2.24, 2.45) is 11.7 Å². The minimum atomic E-state index is -0.856. The second-order valence-corrected chi connectivity index (χ2v) is 7.21. The Morgan fingerprint density at radius 2 is 1.89 bits per heavy atom. The van der Waals surface area contributed by atoms with Gasteiger partial charge in [-0.2, -0.15) is 0 Å². The average Bonchev–Trinajstić information content (AvgIpc) is 3.14. The maximum absolute atomic E-state index is 12.8. The summed E-state index contributed by atoms with van der Waals surface area (Å²) in [5.74, 6) is -1.38. The zero-order valence-electron chi connectivity index (χ0n) is 15.7. The van der Waals surface area contributed by atoms with Crippen LogP contribution in [0.3, 0.4) is 0 Å². The molecule has 1 aromatic carbocycles. The van der Waals surface area contributed by atoms with E-state index in [1.54, 1.807) is 26.0 Å². The van der Waals surface area contributed by atoms with Gasteiger partial charge in [-0.05, 0) is 43.0 Å². The van der Waals surface area contributed by atoms with Crippen LogP contribution in [0.5, 0.6) is 5.75 Å². The normalized spacial score (nSPS) is 18.7. The highest BCUT2D eigenvalue weighted by Crippen LogP contribution is 2.13. The van der Waals surface area contributed by atoms with E-state index in [1.807, 2.05) is 0 Å². The molecule has 0 radical (unpaired) electrons. The first-order valence-electron chi connectivity index (χ1n) is 9.19. The fraction of sp³-hybridized carbons (Fsp3) is 0.526. The molecule has 1 fully saturated rings. The monoisotopic (exact) mass is 376 g/mol. The van der Waals surface area contributed by atoms with E-state index < -0.39 is 23.9 Å². The van der Waals surface area contributed by atoms with Gasteiger partial charge >= 0.3 is 0 Å². The minimum absolute atomic E-state index is 0.118. The van der Waals surface area contributed by atoms with Crippen LogP contribution in [0.1, 0.15) is 32.3 Å². The molecule has 0 aromatic heterocycles. The number of carbonyl (C=O) groups is 3. The Bertz CT molecular complexity index is 669. The smallest absolute Gasteiger partial charge is 0.243 e. The lowest BCUT2D eigenvalue weighted by molar-refractivity contribution is -0.132. The number of benzene rings is 1. The van der Waals surface area contributed by atoms with Gasteiger partial charge in [0, 0.05) is 6.42 Å². The number of phenols is 1. The molecule has 8 nitrogen and oxygen atoms in total. The van der Waals surface area contributed by atoms with Crippen molar-refractivity contribution in [2.75, 3.05) is 6.54 Å². The van der Waals surface area contributed by atoms with Crippen LogP contribution in [-0.4, -0.2) is 47.5 Å². The van der Waals surface area contributed by atoms with Crippen molar-refractivity contribution in [3.63, 3.8) is 0 Å². The molecule has 0 unspecified atom stereocenters. The van der Waals surface area contributed by atoms with E-state index in [4.69, 9.17) is 5.73 Å². The summed E-state index contributed by atoms with van der Waals surface area (Å²) in [5.41, 5.74) is 6.15. The molecule has 1 aliphatic rings. The Hall–Kier alpha value is -2.61. The number of hydrogen-bond donors (Lipinski definition) is 5. The molecule has 8 heteroatoms. The van der Waals surface area contributed by atoms with Gasteiger partial charge in [0.1, 0.15) is 17.8 Å². The number of primary amides is 1. The first-order chi connectivity index (χ1) is 12.8. The highest BCUT2D eigenvalue weighted by atomic mass is 16.3. The van der Waals surface area contributed by atoms with E-state index in [0.717, 1.165) is 24.9 Å². The predicted molar refractivity (Wildman–Crippen MR) is 101 cm³/mol. The fourth-order valence-corrected chi connectivity index (χ4v) is 3.08. The van der Waals surface area contributed by atoms with Gasteiger partial charge in [0.2, 0.25) is 17.7 Å². The molecular weight excluding hydrogens is 348 g/mol. The van der Waals surface area contributed by atoms with Crippen LogP contribution in [0.4, 0.5) is 0 Å². The van der Waals surface area contributed by atoms with Crippen molar-refractivity contribution in [2.45, 2.75) is 51.2 Å². The summed E-state index contributed by atoms with van der Waals surface area (Å²) in [6, 6.07) is 4.41. The largest absolute Gasteiger partial charge is 0.508 e. The molecule has 1 saturated heterocycles. The number of nitrogens with two attached hydrogens (primary N) is 1. The predicted octanol–water partition coefficient (Wildman–Crippen LogP) is -0.202. The van der Waals surface area contributed by atoms with E-state index in [9.17, 15) is 19.5 Å². The topological polar surface area (TPSA) is 134 Å². The van der Waals surface area contributed by atoms with Crippen LogP contribution in [0.2, 0.25) is 0 Å². The molecule has 0 aliphatic carbocycles. The van der Waals surface area contributed by atoms with Crippen LogP contribution in [0, 0.1) is 5.92 Å². The quantitative estimate of drug-likeness (QED) is 0.428. The zero-order chi connectivity index (χ0) is 20.0. The summed E-state index contributed by atoms with van der Waals surface area (Å²) in [6.45, 7) is 4.33. The standard InChI is InChI=1S/C19H28N4O4/c1-11(2)16(17(20)25)23-19(27)15(10-12-5-7-13(24)8-6-12)22-18(26)14-4-3-9-21-14/h5-8,11,14-16,21,24H,3-4,9-10H2,1-2H3,(H2,20,25)(H,22,26)(H,23,27)/t14-,15-,16-/m1/s1. The van der Waals surface area contributed by atoms with Crippen LogP contribution < -0.4 is 21.7 Å². The van der Waals surface area contributed by atoms with E-state index in [1.165, 1.54) is 12.1 Å². The zero-order valence-corrected chi connectivity index (χ0v) is 15.7. The molecule has 0 saturated carbocycles. The first-order valence-corrected chi connectivity index (χ1v) is 9.19. The average molecular weight is 376 g/mol. The van der Waals surface area contributed by atoms with E-state index >= 15 is 0 Å². The van der Waals surface area contributed by atoms with Crippen molar-refractivity contribution in [3.8, 4) is 5.75 Å². The van der Waals surface area contributed by atoms with Gasteiger partial charge in [0.05, 0.1) is 6.04 Å². The van der Waals surface area contributed by atoms with Gasteiger partial charge in [-0.25, -0.2) is 0 Å². The first kappa shape index (κ1) is 20.7. The van der Waals surface area contributed by atoms with E-state index in [0.29, 0.717) is 0 Å². The van der Waals surface area contributed by atoms with Crippen LogP contribution in [0.15, 0.2) is 24.3 Å². The molecule has 1 heterocycles. The van der Waals surface area contributed by atoms with Crippen LogP contribution in [0.25, 0.3) is 0 Å². The summed E-state index contributed by atoms with van der Waals surface area (Å²) in [4.78, 5) is 36.9. The lowest BCUT2D eigenvalue weighted by Gasteiger charge is -2.25. The summed E-state index contributed by atoms with van der Waals surface area (Å²) in [5, 5.41) is 17.9. The third kappa shape index (κ3) is 5.96. The second-order valence-electron chi connectivity index (χ2n) is 7.21. The summed E-state index contributed by atoms with van der Waals surface area (Å²) in [6.07, 6.45) is 1.85. The van der Waals surface area contributed by atoms with Crippen molar-refractivity contribution in [1.29, 1.82) is 0 Å². The Kier molecular flexibility index (Phi) is 7.18. The SMILES string of the molecule is CC(C)[C@@H](NC(=O)[C@@H](Cc1ccc(O)cc1)NC(=O)[C@H]1CCCN1)C(N)=O. The van der Waals surface area contributed by atoms with Crippen molar-refractivity contribution >= 4 is 17.7 Å². The minimum Gasteiger partial charge on any atom is -0.508 e. The maximum atomic E-state index is 12.8. The van der Waals surface area contributed by atoms with Crippen molar-refractivity contribution in [1.82, 2.24) is 16.0 Å². The number of aromatic hydroxyl groups is 1. The summed E-state index contributed by atoms with van der Waals surface area (Å²) >= 11 is 0. The Morgan fingerprint density at radius 3 is 2.41 bits per heavy atom. The molecule has 6 N–H and O–H groups in total. The molecule has 1 aromatic rings. The lowest BCUT2D eigenvalue weighted by Crippen LogP contribution is -2.57. The third-order valence-electron chi connectivity index (χ3n) is 4.66. The Morgan fingerprint density at radius 1 is 1.22 bits per heavy atom. The molecule has 27 heavy (non-hydrogen) atoms. The molecule has 0 spiro atoms. The molecule has 2 rings (SSSR count). The molecule has 3 atom stereocenters. The summed E-state index contributed by atoms with van der Waals surface area (Å²) < 4.78 is 0. The molecule has 0 bridgehead atoms. The highest BCUT2D eigenvalue weighted by Gasteiger charge is 2.30. The van der Waals surface area contributed by atoms with E-state index in [-0.39, 0.29) is 30.0 Å². The van der Waals surface area contributed by atoms with Crippen molar-refractivity contribution < 1.29 is 19.5 Å². The number of rotatable bonds is 8. The number of hydrogen-bond acceptors (Lipinski definition) is 5. The van der Waals surface area contributed by atoms with Crippen molar-refractivity contribution in [3.05, 3.63) is 29.8 Å². The second kappa shape index (κ2) is 9.36. The molecule has 3 amide bonds. The summed E-state index contributed by atoms with van der Waals surface area (Å²) in [7, 11) is 0. The van der Waals surface area contributed by atoms with E-state index in [2.05, 4.69) is 16.0 Å². The number of nitrogens with one attached hydrogen (secondary N) is 3. The molecular formula is C19H28N4O4. The lowest BCUT2D eigenvalue weighted by atomic mass is 10.0. The number of carbonyl (C=O) groups excluding carboxylic acids is 3. The third-order valence-corrected chi connectivity index (χ3v) is 4.66. The van der Waals surface area contributed by atoms with Gasteiger partial charge < -0.3 is 26.8 Å². The van der Waals surface area contributed by atoms with Gasteiger partial charge in [0.25, 0.3) is 0 Å². The van der Waals surface area contributed by atoms with Crippen LogP contribution in [-0.2, 0) is 20.8 Å². The van der Waals surface area contributed by atoms with Gasteiger partial charge in [-0.1, -0.05) is 26.0 Å². The van der Waals surface area contributed by atoms with Crippen LogP contribution >= 0.6 is 0 Å². The Balaban J connectivity index is 2.13. The fourth-order valence-electron chi connectivity index (χ4n) is 3.08. The van der Waals surface area contributed by atoms with Gasteiger partial charge in [0.15, 0.2) is 0 Å². The molecule has 1 aliphatic heterocycles.